The van der Waals surface area contributed by atoms with Crippen LogP contribution >= 0.6 is 0 Å². The van der Waals surface area contributed by atoms with E-state index in [4.69, 9.17) is 0 Å². The fraction of sp³-hybridized carbons (Fsp3) is 0.0400. The van der Waals surface area contributed by atoms with Gasteiger partial charge < -0.3 is 18.9 Å². The van der Waals surface area contributed by atoms with Gasteiger partial charge in [0.1, 0.15) is 0 Å². The lowest BCUT2D eigenvalue weighted by Crippen LogP contribution is -2.26. The highest BCUT2D eigenvalue weighted by Gasteiger charge is 2.55. The highest BCUT2D eigenvalue weighted by molar-refractivity contribution is 6.16. The van der Waals surface area contributed by atoms with E-state index in [9.17, 15) is 0 Å². The zero-order chi connectivity index (χ0) is 85.0. The third-order valence-corrected chi connectivity index (χ3v) is 29.3. The molecule has 1 atom stereocenters. The van der Waals surface area contributed by atoms with Crippen molar-refractivity contribution in [1.29, 1.82) is 0 Å². The molecule has 2 heterocycles. The average molecular weight is 1640 g/mol. The van der Waals surface area contributed by atoms with Crippen LogP contribution in [0.15, 0.2) is 461 Å². The summed E-state index contributed by atoms with van der Waals surface area (Å²) in [5.74, 6) is 0. The zero-order valence-corrected chi connectivity index (χ0v) is 71.2. The van der Waals surface area contributed by atoms with Crippen molar-refractivity contribution >= 4 is 77.7 Å². The minimum Gasteiger partial charge on any atom is -0.310 e. The molecular weight excluding hydrogens is 1560 g/mol. The van der Waals surface area contributed by atoms with E-state index in [1.165, 1.54) is 172 Å². The van der Waals surface area contributed by atoms with Crippen LogP contribution in [0.4, 0.5) is 34.1 Å². The molecule has 22 aromatic rings. The number of aromatic nitrogens is 2. The van der Waals surface area contributed by atoms with E-state index >= 15 is 0 Å². The second kappa shape index (κ2) is 27.8. The van der Waals surface area contributed by atoms with Crippen molar-refractivity contribution in [3.8, 4) is 112 Å². The second-order valence-corrected chi connectivity index (χ2v) is 36.0. The van der Waals surface area contributed by atoms with Gasteiger partial charge in [0.2, 0.25) is 0 Å². The van der Waals surface area contributed by atoms with Crippen LogP contribution in [0.2, 0.25) is 0 Å². The predicted octanol–water partition coefficient (Wildman–Crippen LogP) is 32.5. The zero-order valence-electron chi connectivity index (χ0n) is 71.2. The van der Waals surface area contributed by atoms with Crippen molar-refractivity contribution in [3.63, 3.8) is 0 Å². The molecule has 0 fully saturated rings. The number of rotatable bonds is 12. The molecule has 4 nitrogen and oxygen atoms in total. The van der Waals surface area contributed by atoms with Gasteiger partial charge in [-0.05, 0) is 260 Å². The normalized spacial score (nSPS) is 14.4. The van der Waals surface area contributed by atoms with Crippen LogP contribution in [0.25, 0.3) is 155 Å². The summed E-state index contributed by atoms with van der Waals surface area (Å²) in [6.45, 7) is 4.79. The number of benzene rings is 20. The lowest BCUT2D eigenvalue weighted by Gasteiger charge is -2.32. The molecule has 0 N–H and O–H groups in total. The molecule has 0 amide bonds. The summed E-state index contributed by atoms with van der Waals surface area (Å²) in [7, 11) is 0. The van der Waals surface area contributed by atoms with E-state index in [1.54, 1.807) is 0 Å². The van der Waals surface area contributed by atoms with E-state index in [2.05, 4.69) is 494 Å². The van der Waals surface area contributed by atoms with Crippen molar-refractivity contribution in [2.75, 3.05) is 9.80 Å². The standard InChI is InChI=1S/C125H82N4/c1-123(2)105-44-19-12-35-93(105)97-71-70-91(78-114(97)123)127(119-54-28-50-112-121(119)100-40-16-23-48-109(100)124(112)106-45-20-13-36-94(106)95-37-14-21-46-107(95)124)90-68-59-82(60-69-90)84-63-74-117-104(76-84)99-43-26-42-92(122(99)129(117)87-33-10-5-11-34-87)85-61-72-111-102(77-85)96-38-15-22-47-108(96)125(111)110-49-24-17-41-101(110)120-113(125)51-27-53-118(120)126(88-64-55-80(56-65-88)79-29-6-3-7-30-79)89-66-57-81(58-67-89)83-62-73-116-103(75-83)98-39-18-25-52-115(98)128(116)86-31-8-4-9-32-86/h3-78H,1-2H3. The van der Waals surface area contributed by atoms with E-state index in [0.717, 1.165) is 73.3 Å². The first-order chi connectivity index (χ1) is 63.8. The molecule has 4 heteroatoms. The predicted molar refractivity (Wildman–Crippen MR) is 536 cm³/mol. The van der Waals surface area contributed by atoms with Gasteiger partial charge >= 0.3 is 0 Å². The molecule has 0 saturated heterocycles. The quantitative estimate of drug-likeness (QED) is 0.121. The second-order valence-electron chi connectivity index (χ2n) is 36.0. The Kier molecular flexibility index (Phi) is 15.7. The summed E-state index contributed by atoms with van der Waals surface area (Å²) in [6, 6.07) is 174. The van der Waals surface area contributed by atoms with Crippen molar-refractivity contribution in [2.45, 2.75) is 30.1 Å². The first-order valence-electron chi connectivity index (χ1n) is 45.1. The fourth-order valence-corrected chi connectivity index (χ4v) is 23.9. The molecule has 0 aliphatic heterocycles. The highest BCUT2D eigenvalue weighted by Crippen LogP contribution is 2.68. The number of fused-ring (bicyclic) bond motifs is 29. The molecule has 5 aliphatic carbocycles. The number of anilines is 6. The van der Waals surface area contributed by atoms with Crippen LogP contribution in [0.3, 0.4) is 0 Å². The minimum atomic E-state index is -0.640. The molecular formula is C125H82N4. The Morgan fingerprint density at radius 1 is 0.186 bits per heavy atom. The summed E-state index contributed by atoms with van der Waals surface area (Å²) in [5.41, 5.74) is 47.4. The molecule has 0 radical (unpaired) electrons. The summed E-state index contributed by atoms with van der Waals surface area (Å²) in [6.07, 6.45) is 0. The Bertz CT molecular complexity index is 8390. The van der Waals surface area contributed by atoms with E-state index in [0.29, 0.717) is 0 Å². The molecule has 27 rings (SSSR count). The first kappa shape index (κ1) is 73.0. The van der Waals surface area contributed by atoms with E-state index in [-0.39, 0.29) is 5.41 Å². The molecule has 2 aromatic heterocycles. The highest BCUT2D eigenvalue weighted by atomic mass is 15.2. The molecule has 0 bridgehead atoms. The molecule has 129 heavy (non-hydrogen) atoms. The van der Waals surface area contributed by atoms with Crippen LogP contribution in [0, 0.1) is 0 Å². The Labute approximate surface area is 749 Å². The smallest absolute Gasteiger partial charge is 0.0726 e. The molecule has 602 valence electrons. The molecule has 0 saturated carbocycles. The van der Waals surface area contributed by atoms with Gasteiger partial charge in [-0.15, -0.1) is 0 Å². The summed E-state index contributed by atoms with van der Waals surface area (Å²) in [4.78, 5) is 5.06. The lowest BCUT2D eigenvalue weighted by molar-refractivity contribution is 0.660. The number of hydrogen-bond donors (Lipinski definition) is 0. The Balaban J connectivity index is 0.582. The number of nitrogens with zero attached hydrogens (tertiary/aromatic N) is 4. The van der Waals surface area contributed by atoms with Gasteiger partial charge in [-0.2, -0.15) is 0 Å². The molecule has 5 aliphatic rings. The van der Waals surface area contributed by atoms with Crippen LogP contribution in [0.1, 0.15) is 69.5 Å². The van der Waals surface area contributed by atoms with Crippen molar-refractivity contribution in [3.05, 3.63) is 517 Å². The Morgan fingerprint density at radius 3 is 1.07 bits per heavy atom. The monoisotopic (exact) mass is 1640 g/mol. The lowest BCUT2D eigenvalue weighted by atomic mass is 9.70. The molecule has 2 spiro atoms. The average Bonchev–Trinajstić information content (AvgIpc) is 1.50. The van der Waals surface area contributed by atoms with Crippen LogP contribution in [-0.4, -0.2) is 9.13 Å². The summed E-state index contributed by atoms with van der Waals surface area (Å²) < 4.78 is 4.90. The Morgan fingerprint density at radius 2 is 0.527 bits per heavy atom. The maximum Gasteiger partial charge on any atom is 0.0726 e. The topological polar surface area (TPSA) is 16.3 Å². The van der Waals surface area contributed by atoms with Gasteiger partial charge in [-0.1, -0.05) is 354 Å². The van der Waals surface area contributed by atoms with Gasteiger partial charge in [0.05, 0.1) is 44.3 Å². The van der Waals surface area contributed by atoms with Crippen molar-refractivity contribution in [2.24, 2.45) is 0 Å². The molecule has 1 unspecified atom stereocenters. The van der Waals surface area contributed by atoms with Crippen molar-refractivity contribution in [1.82, 2.24) is 9.13 Å². The number of para-hydroxylation sites is 4. The van der Waals surface area contributed by atoms with E-state index < -0.39 is 10.8 Å². The summed E-state index contributed by atoms with van der Waals surface area (Å²) in [5, 5.41) is 4.86. The maximum atomic E-state index is 2.55. The maximum absolute atomic E-state index is 2.55. The largest absolute Gasteiger partial charge is 0.310 e. The Hall–Kier alpha value is -16.4. The third kappa shape index (κ3) is 10.3. The summed E-state index contributed by atoms with van der Waals surface area (Å²) >= 11 is 0. The minimum absolute atomic E-state index is 0.208. The van der Waals surface area contributed by atoms with Gasteiger partial charge in [-0.25, -0.2) is 0 Å². The first-order valence-corrected chi connectivity index (χ1v) is 45.1. The van der Waals surface area contributed by atoms with Crippen LogP contribution in [-0.2, 0) is 16.2 Å². The molecule has 20 aromatic carbocycles. The van der Waals surface area contributed by atoms with Gasteiger partial charge in [0.15, 0.2) is 0 Å². The SMILES string of the molecule is CC1(C)c2ccccc2-c2ccc(N(c3ccc(-c4ccc5c(c4)c4cccc(-c6ccc7c(c6)-c6ccccc6C76c7ccccc7-c7c(N(c8ccc(-c9ccccc9)cc8)c8ccc(-c9ccc%10c(c9)c9ccccc9n%10-c9ccccc9)cc8)cccc76)c4n5-c4ccccc4)cc3)c3cccc4c3-c3ccccc3C43c4ccccc4-c4ccccc43)cc21. The van der Waals surface area contributed by atoms with E-state index in [1.807, 2.05) is 0 Å². The van der Waals surface area contributed by atoms with Gasteiger partial charge in [0.25, 0.3) is 0 Å². The van der Waals surface area contributed by atoms with Crippen molar-refractivity contribution < 1.29 is 0 Å². The van der Waals surface area contributed by atoms with Crippen LogP contribution < -0.4 is 9.80 Å². The van der Waals surface area contributed by atoms with Gasteiger partial charge in [-0.3, -0.25) is 0 Å². The number of hydrogen-bond acceptors (Lipinski definition) is 2. The third-order valence-electron chi connectivity index (χ3n) is 29.3. The fourth-order valence-electron chi connectivity index (χ4n) is 23.9. The van der Waals surface area contributed by atoms with Crippen LogP contribution in [0.5, 0.6) is 0 Å². The van der Waals surface area contributed by atoms with Gasteiger partial charge in [0, 0.05) is 77.8 Å².